The molecule has 3 heteroatoms. The predicted molar refractivity (Wildman–Crippen MR) is 131 cm³/mol. The lowest BCUT2D eigenvalue weighted by atomic mass is 9.92. The second-order valence-electron chi connectivity index (χ2n) is 8.26. The van der Waals surface area contributed by atoms with Crippen LogP contribution in [0, 0.1) is 6.92 Å². The minimum absolute atomic E-state index is 0.132. The first-order valence-electron chi connectivity index (χ1n) is 11.2. The standard InChI is InChI=1S/C29H32O3/c1-5-22-17-26(14-15-28(22)24-10-8-21(4)9-11-24)25-13-12-23(7-6-16-30)27(18-25)19-32-29(31)20(2)3/h8-15,17-18,30H,2,5-7,16,19H2,1,3-4H3. The van der Waals surface area contributed by atoms with Crippen molar-refractivity contribution < 1.29 is 14.6 Å². The molecule has 0 unspecified atom stereocenters. The smallest absolute Gasteiger partial charge is 0.333 e. The molecule has 0 fully saturated rings. The second kappa shape index (κ2) is 10.9. The molecular weight excluding hydrogens is 396 g/mol. The summed E-state index contributed by atoms with van der Waals surface area (Å²) in [6, 6.07) is 21.5. The Morgan fingerprint density at radius 1 is 0.906 bits per heavy atom. The highest BCUT2D eigenvalue weighted by atomic mass is 16.5. The third-order valence-electron chi connectivity index (χ3n) is 5.70. The van der Waals surface area contributed by atoms with Gasteiger partial charge in [0, 0.05) is 12.2 Å². The Bertz CT molecular complexity index is 1090. The Labute approximate surface area is 191 Å². The Morgan fingerprint density at radius 3 is 2.16 bits per heavy atom. The lowest BCUT2D eigenvalue weighted by Gasteiger charge is -2.15. The lowest BCUT2D eigenvalue weighted by Crippen LogP contribution is -2.07. The zero-order valence-electron chi connectivity index (χ0n) is 19.3. The van der Waals surface area contributed by atoms with Crippen molar-refractivity contribution in [1.29, 1.82) is 0 Å². The van der Waals surface area contributed by atoms with Gasteiger partial charge in [-0.2, -0.15) is 0 Å². The summed E-state index contributed by atoms with van der Waals surface area (Å²) in [7, 11) is 0. The molecule has 0 saturated carbocycles. The van der Waals surface area contributed by atoms with E-state index in [4.69, 9.17) is 4.74 Å². The minimum Gasteiger partial charge on any atom is -0.457 e. The highest BCUT2D eigenvalue weighted by Gasteiger charge is 2.11. The van der Waals surface area contributed by atoms with Crippen LogP contribution in [0.15, 0.2) is 72.8 Å². The summed E-state index contributed by atoms with van der Waals surface area (Å²) < 4.78 is 5.43. The molecule has 32 heavy (non-hydrogen) atoms. The summed E-state index contributed by atoms with van der Waals surface area (Å²) in [5.41, 5.74) is 9.70. The van der Waals surface area contributed by atoms with Gasteiger partial charge in [0.05, 0.1) is 0 Å². The van der Waals surface area contributed by atoms with Crippen LogP contribution in [0.3, 0.4) is 0 Å². The summed E-state index contributed by atoms with van der Waals surface area (Å²) in [4.78, 5) is 11.9. The molecule has 166 valence electrons. The van der Waals surface area contributed by atoms with Crippen LogP contribution < -0.4 is 0 Å². The Morgan fingerprint density at radius 2 is 1.53 bits per heavy atom. The average Bonchev–Trinajstić information content (AvgIpc) is 2.81. The molecule has 3 aromatic rings. The number of aliphatic hydroxyl groups excluding tert-OH is 1. The average molecular weight is 429 g/mol. The van der Waals surface area contributed by atoms with Crippen LogP contribution in [0.4, 0.5) is 0 Å². The summed E-state index contributed by atoms with van der Waals surface area (Å²) in [5, 5.41) is 9.24. The molecule has 3 rings (SSSR count). The molecule has 0 spiro atoms. The molecule has 0 aromatic heterocycles. The quantitative estimate of drug-likeness (QED) is 0.315. The number of ether oxygens (including phenoxy) is 1. The van der Waals surface area contributed by atoms with Crippen LogP contribution in [0.2, 0.25) is 0 Å². The molecule has 0 radical (unpaired) electrons. The van der Waals surface area contributed by atoms with E-state index in [1.54, 1.807) is 6.92 Å². The van der Waals surface area contributed by atoms with E-state index in [1.165, 1.54) is 22.3 Å². The molecule has 0 heterocycles. The zero-order chi connectivity index (χ0) is 23.1. The van der Waals surface area contributed by atoms with Crippen molar-refractivity contribution in [2.75, 3.05) is 6.61 Å². The molecule has 3 nitrogen and oxygen atoms in total. The molecule has 0 aliphatic carbocycles. The fraction of sp³-hybridized carbons (Fsp3) is 0.276. The van der Waals surface area contributed by atoms with Crippen LogP contribution >= 0.6 is 0 Å². The number of esters is 1. The third-order valence-corrected chi connectivity index (χ3v) is 5.70. The van der Waals surface area contributed by atoms with E-state index in [2.05, 4.69) is 81.1 Å². The minimum atomic E-state index is -0.390. The van der Waals surface area contributed by atoms with Crippen LogP contribution in [-0.2, 0) is 29.0 Å². The number of aryl methyl sites for hydroxylation is 3. The number of benzene rings is 3. The number of aliphatic hydroxyl groups is 1. The number of rotatable bonds is 9. The monoisotopic (exact) mass is 428 g/mol. The summed E-state index contributed by atoms with van der Waals surface area (Å²) in [5.74, 6) is -0.390. The number of hydrogen-bond acceptors (Lipinski definition) is 3. The number of carbonyl (C=O) groups is 1. The maximum atomic E-state index is 11.9. The summed E-state index contributed by atoms with van der Waals surface area (Å²) >= 11 is 0. The van der Waals surface area contributed by atoms with Gasteiger partial charge in [0.2, 0.25) is 0 Å². The second-order valence-corrected chi connectivity index (χ2v) is 8.26. The first-order valence-corrected chi connectivity index (χ1v) is 11.2. The summed E-state index contributed by atoms with van der Waals surface area (Å²) in [6.45, 7) is 9.91. The molecule has 0 aliphatic heterocycles. The molecule has 0 atom stereocenters. The Kier molecular flexibility index (Phi) is 8.02. The largest absolute Gasteiger partial charge is 0.457 e. The third kappa shape index (κ3) is 5.74. The van der Waals surface area contributed by atoms with Crippen molar-refractivity contribution in [3.8, 4) is 22.3 Å². The molecule has 1 N–H and O–H groups in total. The Balaban J connectivity index is 1.95. The molecule has 3 aromatic carbocycles. The van der Waals surface area contributed by atoms with Gasteiger partial charge in [0.25, 0.3) is 0 Å². The first kappa shape index (κ1) is 23.5. The first-order chi connectivity index (χ1) is 15.4. The van der Waals surface area contributed by atoms with Gasteiger partial charge in [-0.1, -0.05) is 73.7 Å². The van der Waals surface area contributed by atoms with Crippen molar-refractivity contribution in [3.63, 3.8) is 0 Å². The van der Waals surface area contributed by atoms with E-state index in [0.29, 0.717) is 12.0 Å². The molecule has 0 saturated heterocycles. The SMILES string of the molecule is C=C(C)C(=O)OCc1cc(-c2ccc(-c3ccc(C)cc3)c(CC)c2)ccc1CCCO. The maximum Gasteiger partial charge on any atom is 0.333 e. The fourth-order valence-corrected chi connectivity index (χ4v) is 3.80. The van der Waals surface area contributed by atoms with E-state index in [9.17, 15) is 9.90 Å². The van der Waals surface area contributed by atoms with E-state index < -0.39 is 0 Å². The van der Waals surface area contributed by atoms with E-state index in [-0.39, 0.29) is 19.2 Å². The van der Waals surface area contributed by atoms with Crippen molar-refractivity contribution in [2.45, 2.75) is 46.6 Å². The van der Waals surface area contributed by atoms with E-state index >= 15 is 0 Å². The van der Waals surface area contributed by atoms with Crippen molar-refractivity contribution in [1.82, 2.24) is 0 Å². The van der Waals surface area contributed by atoms with Gasteiger partial charge in [-0.25, -0.2) is 4.79 Å². The van der Waals surface area contributed by atoms with E-state index in [1.807, 2.05) is 0 Å². The number of carbonyl (C=O) groups excluding carboxylic acids is 1. The van der Waals surface area contributed by atoms with Gasteiger partial charge in [-0.05, 0) is 78.1 Å². The predicted octanol–water partition coefficient (Wildman–Crippen LogP) is 6.44. The molecule has 0 aliphatic rings. The Hall–Kier alpha value is -3.17. The maximum absolute atomic E-state index is 11.9. The van der Waals surface area contributed by atoms with Crippen LogP contribution in [0.25, 0.3) is 22.3 Å². The highest BCUT2D eigenvalue weighted by Crippen LogP contribution is 2.31. The molecule has 0 amide bonds. The van der Waals surface area contributed by atoms with Gasteiger partial charge in [-0.15, -0.1) is 0 Å². The highest BCUT2D eigenvalue weighted by molar-refractivity contribution is 5.87. The zero-order valence-corrected chi connectivity index (χ0v) is 19.3. The number of hydrogen-bond donors (Lipinski definition) is 1. The van der Waals surface area contributed by atoms with Crippen molar-refractivity contribution in [3.05, 3.63) is 95.1 Å². The van der Waals surface area contributed by atoms with Gasteiger partial charge < -0.3 is 9.84 Å². The van der Waals surface area contributed by atoms with E-state index in [0.717, 1.165) is 35.1 Å². The van der Waals surface area contributed by atoms with Gasteiger partial charge in [0.15, 0.2) is 0 Å². The van der Waals surface area contributed by atoms with Crippen LogP contribution in [0.1, 0.15) is 42.5 Å². The van der Waals surface area contributed by atoms with Crippen LogP contribution in [0.5, 0.6) is 0 Å². The van der Waals surface area contributed by atoms with Gasteiger partial charge in [-0.3, -0.25) is 0 Å². The lowest BCUT2D eigenvalue weighted by molar-refractivity contribution is -0.140. The normalized spacial score (nSPS) is 10.8. The molecular formula is C29H32O3. The van der Waals surface area contributed by atoms with Crippen LogP contribution in [-0.4, -0.2) is 17.7 Å². The topological polar surface area (TPSA) is 46.5 Å². The molecule has 0 bridgehead atoms. The van der Waals surface area contributed by atoms with Gasteiger partial charge >= 0.3 is 5.97 Å². The van der Waals surface area contributed by atoms with Crippen molar-refractivity contribution >= 4 is 5.97 Å². The summed E-state index contributed by atoms with van der Waals surface area (Å²) in [6.07, 6.45) is 2.35. The van der Waals surface area contributed by atoms with Crippen molar-refractivity contribution in [2.24, 2.45) is 0 Å². The fourth-order valence-electron chi connectivity index (χ4n) is 3.80. The van der Waals surface area contributed by atoms with Gasteiger partial charge in [0.1, 0.15) is 6.61 Å².